The number of hydrogen-bond acceptors (Lipinski definition) is 10. The van der Waals surface area contributed by atoms with Gasteiger partial charge in [0, 0.05) is 34.8 Å². The van der Waals surface area contributed by atoms with Gasteiger partial charge in [-0.2, -0.15) is 0 Å². The Morgan fingerprint density at radius 2 is 1.92 bits per heavy atom. The molecule has 0 fully saturated rings. The summed E-state index contributed by atoms with van der Waals surface area (Å²) in [7, 11) is 1.52. The molecule has 4 heterocycles. The van der Waals surface area contributed by atoms with E-state index in [4.69, 9.17) is 21.1 Å². The zero-order valence-corrected chi connectivity index (χ0v) is 21.5. The summed E-state index contributed by atoms with van der Waals surface area (Å²) in [5.74, 6) is 0.0360. The number of hydrogen-bond donors (Lipinski definition) is 2. The summed E-state index contributed by atoms with van der Waals surface area (Å²) < 4.78 is 11.1. The summed E-state index contributed by atoms with van der Waals surface area (Å²) in [5.41, 5.74) is 2.59. The van der Waals surface area contributed by atoms with Crippen LogP contribution in [0.1, 0.15) is 41.2 Å². The molecule has 0 saturated carbocycles. The zero-order valence-electron chi connectivity index (χ0n) is 19.9. The van der Waals surface area contributed by atoms with E-state index in [1.807, 2.05) is 6.92 Å². The molecule has 0 aliphatic heterocycles. The van der Waals surface area contributed by atoms with E-state index in [1.54, 1.807) is 44.3 Å². The molecule has 0 aliphatic rings. The Bertz CT molecular complexity index is 1390. The topological polar surface area (TPSA) is 132 Å². The highest BCUT2D eigenvalue weighted by Gasteiger charge is 2.20. The zero-order chi connectivity index (χ0) is 25.9. The number of methoxy groups -OCH3 is 1. The summed E-state index contributed by atoms with van der Waals surface area (Å²) in [5, 5.41) is 21.5. The second kappa shape index (κ2) is 10.5. The molecule has 10 nitrogen and oxygen atoms in total. The quantitative estimate of drug-likeness (QED) is 0.320. The van der Waals surface area contributed by atoms with E-state index in [2.05, 4.69) is 30.5 Å². The van der Waals surface area contributed by atoms with Crippen molar-refractivity contribution in [3.05, 3.63) is 70.5 Å². The van der Waals surface area contributed by atoms with Crippen LogP contribution >= 0.6 is 22.9 Å². The lowest BCUT2D eigenvalue weighted by molar-refractivity contribution is 0.0781. The minimum absolute atomic E-state index is 0.156. The molecule has 2 N–H and O–H groups in total. The van der Waals surface area contributed by atoms with Crippen molar-refractivity contribution in [1.29, 1.82) is 0 Å². The summed E-state index contributed by atoms with van der Waals surface area (Å²) >= 11 is 7.18. The third-order valence-electron chi connectivity index (χ3n) is 5.13. The number of nitrogens with one attached hydrogen (secondary N) is 1. The molecule has 0 saturated heterocycles. The van der Waals surface area contributed by atoms with Crippen LogP contribution in [0.5, 0.6) is 10.9 Å². The number of rotatable bonds is 8. The molecule has 4 aromatic heterocycles. The lowest BCUT2D eigenvalue weighted by Crippen LogP contribution is -2.16. The second-order valence-corrected chi connectivity index (χ2v) is 9.62. The number of amides is 1. The highest BCUT2D eigenvalue weighted by Crippen LogP contribution is 2.34. The average molecular weight is 527 g/mol. The Balaban J connectivity index is 1.48. The SMILES string of the molecule is COc1cnc(Cl)cc1-c1cc(C)ncc1C(=O)Nc1nnc(OCc2ccc(C(C)(C)O)cn2)s1. The first-order valence-corrected chi connectivity index (χ1v) is 12.0. The van der Waals surface area contributed by atoms with Gasteiger partial charge in [0.2, 0.25) is 5.13 Å². The van der Waals surface area contributed by atoms with Crippen molar-refractivity contribution in [2.45, 2.75) is 33.0 Å². The first kappa shape index (κ1) is 25.4. The van der Waals surface area contributed by atoms with E-state index in [0.717, 1.165) is 11.3 Å². The van der Waals surface area contributed by atoms with Gasteiger partial charge in [-0.1, -0.05) is 22.8 Å². The van der Waals surface area contributed by atoms with Gasteiger partial charge in [-0.25, -0.2) is 4.98 Å². The van der Waals surface area contributed by atoms with Gasteiger partial charge < -0.3 is 14.6 Å². The Labute approximate surface area is 216 Å². The Hall–Kier alpha value is -3.67. The van der Waals surface area contributed by atoms with Crippen LogP contribution in [-0.2, 0) is 12.2 Å². The fourth-order valence-electron chi connectivity index (χ4n) is 3.24. The van der Waals surface area contributed by atoms with Crippen LogP contribution in [0.4, 0.5) is 5.13 Å². The number of anilines is 1. The summed E-state index contributed by atoms with van der Waals surface area (Å²) in [6.45, 7) is 5.36. The van der Waals surface area contributed by atoms with Crippen molar-refractivity contribution < 1.29 is 19.4 Å². The lowest BCUT2D eigenvalue weighted by Gasteiger charge is -2.17. The molecule has 4 rings (SSSR count). The number of carbonyl (C=O) groups is 1. The minimum atomic E-state index is -0.972. The molecular formula is C24H23ClN6O4S. The van der Waals surface area contributed by atoms with Gasteiger partial charge in [-0.05, 0) is 50.3 Å². The molecule has 0 aromatic carbocycles. The molecule has 0 aliphatic carbocycles. The predicted molar refractivity (Wildman–Crippen MR) is 135 cm³/mol. The largest absolute Gasteiger partial charge is 0.494 e. The molecular weight excluding hydrogens is 504 g/mol. The normalized spacial score (nSPS) is 11.3. The summed E-state index contributed by atoms with van der Waals surface area (Å²) in [4.78, 5) is 25.7. The van der Waals surface area contributed by atoms with Crippen LogP contribution in [0.25, 0.3) is 11.1 Å². The summed E-state index contributed by atoms with van der Waals surface area (Å²) in [6, 6.07) is 6.96. The number of pyridine rings is 3. The number of halogens is 1. The smallest absolute Gasteiger partial charge is 0.296 e. The van der Waals surface area contributed by atoms with E-state index >= 15 is 0 Å². The maximum absolute atomic E-state index is 13.1. The van der Waals surface area contributed by atoms with Crippen LogP contribution in [0.3, 0.4) is 0 Å². The second-order valence-electron chi connectivity index (χ2n) is 8.29. The number of aromatic nitrogens is 5. The molecule has 0 radical (unpaired) electrons. The van der Waals surface area contributed by atoms with Gasteiger partial charge in [0.15, 0.2) is 0 Å². The monoisotopic (exact) mass is 526 g/mol. The van der Waals surface area contributed by atoms with Crippen molar-refractivity contribution in [3.63, 3.8) is 0 Å². The van der Waals surface area contributed by atoms with E-state index in [-0.39, 0.29) is 22.1 Å². The van der Waals surface area contributed by atoms with E-state index in [1.165, 1.54) is 19.5 Å². The number of nitrogens with zero attached hydrogens (tertiary/aromatic N) is 5. The van der Waals surface area contributed by atoms with Crippen molar-refractivity contribution in [2.24, 2.45) is 0 Å². The van der Waals surface area contributed by atoms with Crippen LogP contribution in [0.15, 0.2) is 42.9 Å². The van der Waals surface area contributed by atoms with Crippen LogP contribution in [0, 0.1) is 6.92 Å². The molecule has 186 valence electrons. The first-order valence-electron chi connectivity index (χ1n) is 10.8. The molecule has 0 unspecified atom stereocenters. The number of carbonyl (C=O) groups excluding carboxylic acids is 1. The fraction of sp³-hybridized carbons (Fsp3) is 0.250. The maximum atomic E-state index is 13.1. The Kier molecular flexibility index (Phi) is 7.43. The molecule has 0 atom stereocenters. The van der Waals surface area contributed by atoms with Gasteiger partial charge in [0.05, 0.1) is 30.2 Å². The molecule has 12 heteroatoms. The predicted octanol–water partition coefficient (Wildman–Crippen LogP) is 4.42. The van der Waals surface area contributed by atoms with Gasteiger partial charge in [0.1, 0.15) is 17.5 Å². The fourth-order valence-corrected chi connectivity index (χ4v) is 3.99. The van der Waals surface area contributed by atoms with E-state index in [9.17, 15) is 9.90 Å². The highest BCUT2D eigenvalue weighted by atomic mass is 35.5. The Morgan fingerprint density at radius 3 is 2.61 bits per heavy atom. The van der Waals surface area contributed by atoms with Gasteiger partial charge in [-0.15, -0.1) is 5.10 Å². The number of aryl methyl sites for hydroxylation is 1. The molecule has 0 spiro atoms. The van der Waals surface area contributed by atoms with Crippen LogP contribution in [0.2, 0.25) is 5.15 Å². The molecule has 4 aromatic rings. The Morgan fingerprint density at radius 1 is 1.11 bits per heavy atom. The first-order chi connectivity index (χ1) is 17.1. The third-order valence-corrected chi connectivity index (χ3v) is 6.09. The van der Waals surface area contributed by atoms with Gasteiger partial charge in [0.25, 0.3) is 11.1 Å². The van der Waals surface area contributed by atoms with Crippen LogP contribution in [-0.4, -0.2) is 43.3 Å². The van der Waals surface area contributed by atoms with Crippen molar-refractivity contribution in [1.82, 2.24) is 25.1 Å². The van der Waals surface area contributed by atoms with Gasteiger partial charge in [-0.3, -0.25) is 20.1 Å². The van der Waals surface area contributed by atoms with Crippen molar-refractivity contribution in [2.75, 3.05) is 12.4 Å². The third kappa shape index (κ3) is 5.93. The molecule has 0 bridgehead atoms. The lowest BCUT2D eigenvalue weighted by atomic mass is 10.0. The van der Waals surface area contributed by atoms with E-state index < -0.39 is 11.5 Å². The number of ether oxygens (including phenoxy) is 2. The minimum Gasteiger partial charge on any atom is -0.494 e. The molecule has 1 amide bonds. The molecule has 36 heavy (non-hydrogen) atoms. The number of aliphatic hydroxyl groups is 1. The van der Waals surface area contributed by atoms with Gasteiger partial charge >= 0.3 is 0 Å². The summed E-state index contributed by atoms with van der Waals surface area (Å²) in [6.07, 6.45) is 4.58. The van der Waals surface area contributed by atoms with E-state index in [0.29, 0.717) is 39.4 Å². The standard InChI is InChI=1S/C24H23ClN6O4S/c1-13-7-16(17-8-20(25)28-11-19(17)34-4)18(10-26-13)21(32)29-22-30-31-23(36-22)35-12-15-6-5-14(9-27-15)24(2,3)33/h5-11,33H,12H2,1-4H3,(H,29,30,32). The highest BCUT2D eigenvalue weighted by molar-refractivity contribution is 7.17. The van der Waals surface area contributed by atoms with Crippen molar-refractivity contribution >= 4 is 34.0 Å². The van der Waals surface area contributed by atoms with Crippen molar-refractivity contribution in [3.8, 4) is 22.1 Å². The average Bonchev–Trinajstić information content (AvgIpc) is 3.29. The van der Waals surface area contributed by atoms with Crippen LogP contribution < -0.4 is 14.8 Å². The maximum Gasteiger partial charge on any atom is 0.296 e.